The van der Waals surface area contributed by atoms with E-state index >= 15 is 0 Å². The van der Waals surface area contributed by atoms with Gasteiger partial charge in [0, 0.05) is 18.9 Å². The lowest BCUT2D eigenvalue weighted by Crippen LogP contribution is -2.68. The van der Waals surface area contributed by atoms with Gasteiger partial charge in [-0.25, -0.2) is 4.79 Å². The van der Waals surface area contributed by atoms with E-state index in [1.54, 1.807) is 51.1 Å². The van der Waals surface area contributed by atoms with Crippen LogP contribution in [-0.4, -0.2) is 219 Å². The normalized spacial score (nSPS) is 39.1. The van der Waals surface area contributed by atoms with E-state index in [2.05, 4.69) is 13.8 Å². The van der Waals surface area contributed by atoms with Crippen molar-refractivity contribution in [2.45, 2.75) is 357 Å². The van der Waals surface area contributed by atoms with Crippen LogP contribution in [0.1, 0.15) is 203 Å². The summed E-state index contributed by atoms with van der Waals surface area (Å²) in [6, 6.07) is 8.88. The molecule has 7 rings (SSSR count). The topological polar surface area (TPSA) is 339 Å². The van der Waals surface area contributed by atoms with Crippen LogP contribution in [0.15, 0.2) is 36.4 Å². The van der Waals surface area contributed by atoms with Crippen molar-refractivity contribution in [2.24, 2.45) is 5.92 Å². The minimum atomic E-state index is -1.94. The number of ether oxygens (including phenoxy) is 14. The van der Waals surface area contributed by atoms with Crippen LogP contribution in [-0.2, 0) is 85.5 Å². The largest absolute Gasteiger partial charge is 0.455 e. The SMILES string of the molecule is CCCCCCCCCC(=O)OC1C(OC2C(C)OC3OC4C(OC(CCCCC)CCCCCCCCCC(=O)OC3C2O)OC(C)C(O)C4O)OC(C)C(OC2OC(C)C(OC(=O)C(C)C)C(OC(=O)C=Cc3ccccc3)C2O)C1OC1OC(C)C(O)C(O)C1O. The van der Waals surface area contributed by atoms with E-state index in [0.29, 0.717) is 37.7 Å². The van der Waals surface area contributed by atoms with Crippen molar-refractivity contribution < 1.29 is 121 Å². The summed E-state index contributed by atoms with van der Waals surface area (Å²) in [5.41, 5.74) is 0.663. The number of benzene rings is 1. The van der Waals surface area contributed by atoms with Gasteiger partial charge >= 0.3 is 23.9 Å². The van der Waals surface area contributed by atoms with E-state index in [9.17, 15) is 54.9 Å². The first-order valence-electron chi connectivity index (χ1n) is 34.9. The molecule has 0 aromatic heterocycles. The molecule has 0 amide bonds. The molecule has 1 aromatic rings. The summed E-state index contributed by atoms with van der Waals surface area (Å²) in [5, 5.41) is 81.8. The third kappa shape index (κ3) is 21.8. The summed E-state index contributed by atoms with van der Waals surface area (Å²) in [7, 11) is 0. The number of hydrogen-bond acceptors (Lipinski definition) is 25. The number of carbonyl (C=O) groups excluding carboxylic acids is 4. The average Bonchev–Trinajstić information content (AvgIpc) is 0.796. The number of esters is 4. The molecular formula is C69H110O25. The molecule has 6 saturated heterocycles. The van der Waals surface area contributed by atoms with E-state index in [-0.39, 0.29) is 18.9 Å². The molecule has 94 heavy (non-hydrogen) atoms. The van der Waals surface area contributed by atoms with Gasteiger partial charge in [0.2, 0.25) is 0 Å². The van der Waals surface area contributed by atoms with Crippen molar-refractivity contribution in [1.29, 1.82) is 0 Å². The van der Waals surface area contributed by atoms with Gasteiger partial charge in [0.1, 0.15) is 67.1 Å². The standard InChI is InChI=1S/C69H110O25/c1-10-12-14-15-17-21-29-35-47(71)89-63-62(94-65-53(77)51(75)49(73)39(5)81-65)58(92-66-55(79)59(57(42(8)83-66)90-64(80)38(3)4)87-48(72)37-36-44-30-25-23-26-31-44)43(9)85-69(63)91-56-41(7)84-68-61(54(56)78)88-46(70)34-28-22-19-16-18-20-27-33-45(32-24-13-11-2)86-67-60(93-68)52(76)50(74)40(6)82-67/h23,25-26,30-31,36-43,45,49-63,65-69,73-79H,10-22,24,27-29,32-35H2,1-9H3. The second kappa shape index (κ2) is 38.5. The Bertz CT molecular complexity index is 2440. The van der Waals surface area contributed by atoms with Crippen molar-refractivity contribution in [2.75, 3.05) is 0 Å². The average molecular weight is 1340 g/mol. The third-order valence-electron chi connectivity index (χ3n) is 18.6. The maximum atomic E-state index is 14.4. The van der Waals surface area contributed by atoms with Crippen LogP contribution in [0.2, 0.25) is 0 Å². The third-order valence-corrected chi connectivity index (χ3v) is 18.6. The summed E-state index contributed by atoms with van der Waals surface area (Å²) in [6.45, 7) is 15.0. The second-order valence-corrected chi connectivity index (χ2v) is 26.6. The van der Waals surface area contributed by atoms with Gasteiger partial charge in [0.15, 0.2) is 55.9 Å². The van der Waals surface area contributed by atoms with Crippen LogP contribution < -0.4 is 0 Å². The van der Waals surface area contributed by atoms with Crippen molar-refractivity contribution in [1.82, 2.24) is 0 Å². The molecule has 6 fully saturated rings. The fourth-order valence-electron chi connectivity index (χ4n) is 12.8. The van der Waals surface area contributed by atoms with Gasteiger partial charge in [-0.3, -0.25) is 14.4 Å². The molecule has 6 aliphatic heterocycles. The quantitative estimate of drug-likeness (QED) is 0.0254. The molecule has 0 bridgehead atoms. The van der Waals surface area contributed by atoms with Crippen LogP contribution >= 0.6 is 0 Å². The van der Waals surface area contributed by atoms with E-state index < -0.39 is 183 Å². The minimum Gasteiger partial charge on any atom is -0.455 e. The van der Waals surface area contributed by atoms with Gasteiger partial charge in [-0.15, -0.1) is 0 Å². The molecule has 0 spiro atoms. The molecule has 6 heterocycles. The molecular weight excluding hydrogens is 1230 g/mol. The van der Waals surface area contributed by atoms with Gasteiger partial charge < -0.3 is 102 Å². The van der Waals surface area contributed by atoms with Gasteiger partial charge in [-0.05, 0) is 71.9 Å². The maximum Gasteiger partial charge on any atom is 0.331 e. The Labute approximate surface area is 553 Å². The Balaban J connectivity index is 1.24. The highest BCUT2D eigenvalue weighted by Crippen LogP contribution is 2.40. The smallest absolute Gasteiger partial charge is 0.331 e. The zero-order valence-corrected chi connectivity index (χ0v) is 56.5. The van der Waals surface area contributed by atoms with Crippen LogP contribution in [0, 0.1) is 5.92 Å². The Morgan fingerprint density at radius 2 is 1.05 bits per heavy atom. The van der Waals surface area contributed by atoms with E-state index in [1.165, 1.54) is 33.8 Å². The Morgan fingerprint density at radius 1 is 0.500 bits per heavy atom. The maximum absolute atomic E-state index is 14.4. The molecule has 25 heteroatoms. The van der Waals surface area contributed by atoms with Gasteiger partial charge in [0.25, 0.3) is 0 Å². The highest BCUT2D eigenvalue weighted by atomic mass is 16.8. The lowest BCUT2D eigenvalue weighted by atomic mass is 9.95. The molecule has 25 nitrogen and oxygen atoms in total. The molecule has 536 valence electrons. The predicted molar refractivity (Wildman–Crippen MR) is 336 cm³/mol. The Morgan fingerprint density at radius 3 is 1.76 bits per heavy atom. The zero-order chi connectivity index (χ0) is 68.2. The van der Waals surface area contributed by atoms with E-state index in [1.807, 2.05) is 0 Å². The number of carbonyl (C=O) groups is 4. The zero-order valence-electron chi connectivity index (χ0n) is 56.5. The fourth-order valence-corrected chi connectivity index (χ4v) is 12.8. The molecule has 26 unspecified atom stereocenters. The first-order chi connectivity index (χ1) is 45.0. The number of rotatable bonds is 24. The first kappa shape index (κ1) is 77.5. The molecule has 0 radical (unpaired) electrons. The number of fused-ring (bicyclic) bond motifs is 2. The molecule has 0 aliphatic carbocycles. The van der Waals surface area contributed by atoms with Gasteiger partial charge in [0.05, 0.1) is 42.5 Å². The van der Waals surface area contributed by atoms with Crippen molar-refractivity contribution >= 4 is 30.0 Å². The number of aliphatic hydroxyl groups excluding tert-OH is 7. The second-order valence-electron chi connectivity index (χ2n) is 26.6. The van der Waals surface area contributed by atoms with E-state index in [4.69, 9.17) is 66.3 Å². The molecule has 6 aliphatic rings. The number of hydrogen-bond donors (Lipinski definition) is 7. The van der Waals surface area contributed by atoms with Crippen molar-refractivity contribution in [3.05, 3.63) is 42.0 Å². The summed E-state index contributed by atoms with van der Waals surface area (Å²) < 4.78 is 89.3. The lowest BCUT2D eigenvalue weighted by molar-refractivity contribution is -0.399. The van der Waals surface area contributed by atoms with E-state index in [0.717, 1.165) is 96.0 Å². The van der Waals surface area contributed by atoms with Crippen molar-refractivity contribution in [3.63, 3.8) is 0 Å². The fraction of sp³-hybridized carbons (Fsp3) is 0.826. The summed E-state index contributed by atoms with van der Waals surface area (Å²) in [6.07, 6.45) is -20.5. The number of aliphatic hydroxyl groups is 7. The minimum absolute atomic E-state index is 0.0378. The highest BCUT2D eigenvalue weighted by molar-refractivity contribution is 5.87. The van der Waals surface area contributed by atoms with Gasteiger partial charge in [-0.1, -0.05) is 154 Å². The first-order valence-corrected chi connectivity index (χ1v) is 34.9. The summed E-state index contributed by atoms with van der Waals surface area (Å²) in [4.78, 5) is 55.3. The molecule has 26 atom stereocenters. The Kier molecular flexibility index (Phi) is 31.7. The molecule has 1 aromatic carbocycles. The molecule has 7 N–H and O–H groups in total. The number of unbranched alkanes of at least 4 members (excludes halogenated alkanes) is 8. The van der Waals surface area contributed by atoms with Crippen LogP contribution in [0.5, 0.6) is 0 Å². The predicted octanol–water partition coefficient (Wildman–Crippen LogP) is 6.42. The highest BCUT2D eigenvalue weighted by Gasteiger charge is 2.59. The monoisotopic (exact) mass is 1340 g/mol. The molecule has 0 saturated carbocycles. The lowest BCUT2D eigenvalue weighted by Gasteiger charge is -2.51. The van der Waals surface area contributed by atoms with Crippen LogP contribution in [0.3, 0.4) is 0 Å². The summed E-state index contributed by atoms with van der Waals surface area (Å²) in [5.74, 6) is -3.72. The summed E-state index contributed by atoms with van der Waals surface area (Å²) >= 11 is 0. The van der Waals surface area contributed by atoms with Crippen LogP contribution in [0.25, 0.3) is 6.08 Å². The van der Waals surface area contributed by atoms with Crippen LogP contribution in [0.4, 0.5) is 0 Å². The van der Waals surface area contributed by atoms with Gasteiger partial charge in [-0.2, -0.15) is 0 Å². The van der Waals surface area contributed by atoms with Crippen molar-refractivity contribution in [3.8, 4) is 0 Å². The Hall–Kier alpha value is -3.84.